The SMILES string of the molecule is CN1C(CC#N)C(=O)N(C(C)(C)C)CC1(C)C. The van der Waals surface area contributed by atoms with Crippen molar-refractivity contribution in [2.75, 3.05) is 13.6 Å². The summed E-state index contributed by atoms with van der Waals surface area (Å²) in [6, 6.07) is 1.80. The quantitative estimate of drug-likeness (QED) is 0.696. The molecule has 0 aliphatic carbocycles. The van der Waals surface area contributed by atoms with E-state index in [0.717, 1.165) is 0 Å². The minimum absolute atomic E-state index is 0.0703. The Hall–Kier alpha value is -1.08. The summed E-state index contributed by atoms with van der Waals surface area (Å²) in [5.74, 6) is 0.0703. The van der Waals surface area contributed by atoms with Gasteiger partial charge in [-0.2, -0.15) is 5.26 Å². The Labute approximate surface area is 104 Å². The molecule has 0 aromatic rings. The number of hydrogen-bond acceptors (Lipinski definition) is 3. The van der Waals surface area contributed by atoms with Gasteiger partial charge in [-0.1, -0.05) is 0 Å². The Bertz CT molecular complexity index is 349. The van der Waals surface area contributed by atoms with Crippen LogP contribution in [0.25, 0.3) is 0 Å². The molecule has 4 heteroatoms. The van der Waals surface area contributed by atoms with Gasteiger partial charge in [0.25, 0.3) is 0 Å². The monoisotopic (exact) mass is 237 g/mol. The van der Waals surface area contributed by atoms with Crippen LogP contribution in [0.1, 0.15) is 41.0 Å². The predicted octanol–water partition coefficient (Wildman–Crippen LogP) is 1.62. The topological polar surface area (TPSA) is 47.3 Å². The lowest BCUT2D eigenvalue weighted by Crippen LogP contribution is -2.68. The molecule has 1 heterocycles. The van der Waals surface area contributed by atoms with E-state index in [1.165, 1.54) is 0 Å². The van der Waals surface area contributed by atoms with Crippen molar-refractivity contribution in [1.82, 2.24) is 9.80 Å². The molecule has 1 aliphatic rings. The van der Waals surface area contributed by atoms with Gasteiger partial charge < -0.3 is 4.90 Å². The third-order valence-electron chi connectivity index (χ3n) is 3.61. The predicted molar refractivity (Wildman–Crippen MR) is 67.3 cm³/mol. The van der Waals surface area contributed by atoms with E-state index in [1.54, 1.807) is 0 Å². The normalized spacial score (nSPS) is 25.8. The molecule has 1 saturated heterocycles. The first-order valence-corrected chi connectivity index (χ1v) is 6.02. The van der Waals surface area contributed by atoms with E-state index >= 15 is 0 Å². The maximum Gasteiger partial charge on any atom is 0.241 e. The van der Waals surface area contributed by atoms with Crippen LogP contribution in [-0.4, -0.2) is 46.4 Å². The van der Waals surface area contributed by atoms with Crippen LogP contribution in [0.4, 0.5) is 0 Å². The fraction of sp³-hybridized carbons (Fsp3) is 0.846. The molecule has 0 radical (unpaired) electrons. The summed E-state index contributed by atoms with van der Waals surface area (Å²) >= 11 is 0. The van der Waals surface area contributed by atoms with E-state index in [1.807, 2.05) is 37.6 Å². The summed E-state index contributed by atoms with van der Waals surface area (Å²) in [4.78, 5) is 16.3. The highest BCUT2D eigenvalue weighted by atomic mass is 16.2. The van der Waals surface area contributed by atoms with Crippen LogP contribution >= 0.6 is 0 Å². The number of rotatable bonds is 1. The lowest BCUT2D eigenvalue weighted by molar-refractivity contribution is -0.154. The van der Waals surface area contributed by atoms with Crippen LogP contribution < -0.4 is 0 Å². The van der Waals surface area contributed by atoms with Gasteiger partial charge in [0.05, 0.1) is 12.5 Å². The van der Waals surface area contributed by atoms with Crippen molar-refractivity contribution in [3.8, 4) is 6.07 Å². The molecule has 0 aromatic carbocycles. The third kappa shape index (κ3) is 2.61. The van der Waals surface area contributed by atoms with E-state index in [2.05, 4.69) is 19.9 Å². The molecule has 1 rings (SSSR count). The number of piperazine rings is 1. The molecule has 17 heavy (non-hydrogen) atoms. The maximum atomic E-state index is 12.4. The van der Waals surface area contributed by atoms with Gasteiger partial charge in [-0.25, -0.2) is 0 Å². The van der Waals surface area contributed by atoms with Gasteiger partial charge in [-0.05, 0) is 41.7 Å². The number of nitrogens with zero attached hydrogens (tertiary/aromatic N) is 3. The van der Waals surface area contributed by atoms with Crippen LogP contribution in [0.15, 0.2) is 0 Å². The minimum Gasteiger partial charge on any atom is -0.335 e. The van der Waals surface area contributed by atoms with E-state index in [-0.39, 0.29) is 29.4 Å². The molecule has 1 aliphatic heterocycles. The van der Waals surface area contributed by atoms with E-state index < -0.39 is 0 Å². The zero-order valence-electron chi connectivity index (χ0n) is 11.7. The number of amides is 1. The van der Waals surface area contributed by atoms with Gasteiger partial charge in [0, 0.05) is 17.6 Å². The van der Waals surface area contributed by atoms with E-state index in [4.69, 9.17) is 5.26 Å². The second-order valence-electron chi connectivity index (χ2n) is 6.40. The standard InChI is InChI=1S/C13H23N3O/c1-12(2,3)16-9-13(4,5)15(6)10(7-8-14)11(16)17/h10H,7,9H2,1-6H3. The van der Waals surface area contributed by atoms with Gasteiger partial charge in [-0.15, -0.1) is 0 Å². The molecular weight excluding hydrogens is 214 g/mol. The van der Waals surface area contributed by atoms with Gasteiger partial charge >= 0.3 is 0 Å². The van der Waals surface area contributed by atoms with Gasteiger partial charge in [0.15, 0.2) is 0 Å². The van der Waals surface area contributed by atoms with Crippen molar-refractivity contribution >= 4 is 5.91 Å². The molecule has 1 unspecified atom stereocenters. The number of carbonyl (C=O) groups is 1. The zero-order chi connectivity index (χ0) is 13.4. The second-order valence-corrected chi connectivity index (χ2v) is 6.40. The van der Waals surface area contributed by atoms with Crippen molar-refractivity contribution in [2.24, 2.45) is 0 Å². The molecule has 0 spiro atoms. The lowest BCUT2D eigenvalue weighted by Gasteiger charge is -2.52. The highest BCUT2D eigenvalue weighted by molar-refractivity contribution is 5.84. The number of nitriles is 1. The first kappa shape index (κ1) is 14.0. The Kier molecular flexibility index (Phi) is 3.54. The molecule has 0 N–H and O–H groups in total. The zero-order valence-corrected chi connectivity index (χ0v) is 11.7. The van der Waals surface area contributed by atoms with Crippen LogP contribution in [0.5, 0.6) is 0 Å². The average molecular weight is 237 g/mol. The van der Waals surface area contributed by atoms with Gasteiger partial charge in [-0.3, -0.25) is 9.69 Å². The smallest absolute Gasteiger partial charge is 0.241 e. The summed E-state index contributed by atoms with van der Waals surface area (Å²) in [6.45, 7) is 11.0. The van der Waals surface area contributed by atoms with Gasteiger partial charge in [0.2, 0.25) is 5.91 Å². The van der Waals surface area contributed by atoms with Crippen molar-refractivity contribution in [2.45, 2.75) is 58.2 Å². The molecule has 0 saturated carbocycles. The Morgan fingerprint density at radius 1 is 1.47 bits per heavy atom. The van der Waals surface area contributed by atoms with Gasteiger partial charge in [0.1, 0.15) is 6.04 Å². The lowest BCUT2D eigenvalue weighted by atomic mass is 9.90. The van der Waals surface area contributed by atoms with Crippen molar-refractivity contribution in [1.29, 1.82) is 5.26 Å². The molecule has 1 amide bonds. The van der Waals surface area contributed by atoms with Crippen LogP contribution in [-0.2, 0) is 4.79 Å². The van der Waals surface area contributed by atoms with Crippen molar-refractivity contribution in [3.63, 3.8) is 0 Å². The Morgan fingerprint density at radius 3 is 2.41 bits per heavy atom. The fourth-order valence-corrected chi connectivity index (χ4v) is 2.22. The molecule has 0 aromatic heterocycles. The van der Waals surface area contributed by atoms with Crippen LogP contribution in [0.2, 0.25) is 0 Å². The van der Waals surface area contributed by atoms with Crippen molar-refractivity contribution in [3.05, 3.63) is 0 Å². The summed E-state index contributed by atoms with van der Waals surface area (Å²) < 4.78 is 0. The number of likely N-dealkylation sites (N-methyl/N-ethyl adjacent to an activating group) is 1. The highest BCUT2D eigenvalue weighted by Crippen LogP contribution is 2.30. The summed E-state index contributed by atoms with van der Waals surface area (Å²) in [6.07, 6.45) is 0.255. The highest BCUT2D eigenvalue weighted by Gasteiger charge is 2.45. The molecule has 4 nitrogen and oxygen atoms in total. The third-order valence-corrected chi connectivity index (χ3v) is 3.61. The summed E-state index contributed by atoms with van der Waals surface area (Å²) in [5.41, 5.74) is -0.286. The van der Waals surface area contributed by atoms with Crippen LogP contribution in [0.3, 0.4) is 0 Å². The Morgan fingerprint density at radius 2 is 2.00 bits per heavy atom. The van der Waals surface area contributed by atoms with E-state index in [9.17, 15) is 4.79 Å². The van der Waals surface area contributed by atoms with E-state index in [0.29, 0.717) is 6.54 Å². The largest absolute Gasteiger partial charge is 0.335 e. The average Bonchev–Trinajstić information content (AvgIpc) is 2.17. The number of carbonyl (C=O) groups excluding carboxylic acids is 1. The number of hydrogen-bond donors (Lipinski definition) is 0. The first-order chi connectivity index (χ1) is 7.61. The van der Waals surface area contributed by atoms with Crippen molar-refractivity contribution < 1.29 is 4.79 Å². The molecule has 0 bridgehead atoms. The molecule has 96 valence electrons. The second kappa shape index (κ2) is 4.30. The van der Waals surface area contributed by atoms with Crippen LogP contribution in [0, 0.1) is 11.3 Å². The molecule has 1 atom stereocenters. The molecular formula is C13H23N3O. The Balaban J connectivity index is 3.08. The maximum absolute atomic E-state index is 12.4. The molecule has 1 fully saturated rings. The summed E-state index contributed by atoms with van der Waals surface area (Å²) in [5, 5.41) is 8.87. The fourth-order valence-electron chi connectivity index (χ4n) is 2.22. The summed E-state index contributed by atoms with van der Waals surface area (Å²) in [7, 11) is 1.93. The minimum atomic E-state index is -0.317. The first-order valence-electron chi connectivity index (χ1n) is 6.02.